The Morgan fingerprint density at radius 2 is 2.06 bits per heavy atom. The summed E-state index contributed by atoms with van der Waals surface area (Å²) in [5, 5.41) is 0. The van der Waals surface area contributed by atoms with Crippen LogP contribution in [0.2, 0.25) is 0 Å². The Bertz CT molecular complexity index is 403. The van der Waals surface area contributed by atoms with Gasteiger partial charge in [0.2, 0.25) is 0 Å². The van der Waals surface area contributed by atoms with E-state index in [0.29, 0.717) is 12.5 Å². The summed E-state index contributed by atoms with van der Waals surface area (Å²) in [6, 6.07) is 8.62. The fourth-order valence-corrected chi connectivity index (χ4v) is 2.03. The first kappa shape index (κ1) is 11.9. The minimum Gasteiger partial charge on any atom is -0.365 e. The average molecular weight is 229 g/mol. The van der Waals surface area contributed by atoms with E-state index >= 15 is 0 Å². The van der Waals surface area contributed by atoms with Gasteiger partial charge in [0.15, 0.2) is 5.78 Å². The number of Topliss-reactive ketones (excluding diaryl/α,β-unsaturated/α-hetero) is 1. The molecule has 0 spiro atoms. The minimum atomic E-state index is 0.207. The largest absolute Gasteiger partial charge is 0.365 e. The molecule has 0 bridgehead atoms. The van der Waals surface area contributed by atoms with E-state index in [1.165, 1.54) is 18.5 Å². The number of rotatable bonds is 6. The summed E-state index contributed by atoms with van der Waals surface area (Å²) in [6.45, 7) is 6.57. The molecular weight excluding hydrogens is 210 g/mol. The van der Waals surface area contributed by atoms with Gasteiger partial charge in [-0.25, -0.2) is 0 Å². The fraction of sp³-hybridized carbons (Fsp3) is 0.400. The molecule has 1 aliphatic rings. The lowest BCUT2D eigenvalue weighted by molar-refractivity contribution is 0.0988. The van der Waals surface area contributed by atoms with E-state index in [1.54, 1.807) is 0 Å². The molecule has 17 heavy (non-hydrogen) atoms. The maximum atomic E-state index is 11.5. The van der Waals surface area contributed by atoms with E-state index in [0.717, 1.165) is 12.1 Å². The third-order valence-corrected chi connectivity index (χ3v) is 3.16. The van der Waals surface area contributed by atoms with Crippen LogP contribution in [0.4, 0.5) is 5.69 Å². The van der Waals surface area contributed by atoms with Gasteiger partial charge in [-0.1, -0.05) is 13.0 Å². The normalized spacial score (nSPS) is 14.4. The highest BCUT2D eigenvalue weighted by Crippen LogP contribution is 2.31. The molecule has 1 fully saturated rings. The summed E-state index contributed by atoms with van der Waals surface area (Å²) in [5.41, 5.74) is 2.01. The van der Waals surface area contributed by atoms with Crippen molar-refractivity contribution in [2.45, 2.75) is 32.2 Å². The zero-order valence-electron chi connectivity index (χ0n) is 10.4. The van der Waals surface area contributed by atoms with E-state index in [1.807, 2.05) is 37.3 Å². The van der Waals surface area contributed by atoms with Gasteiger partial charge >= 0.3 is 0 Å². The van der Waals surface area contributed by atoms with Crippen molar-refractivity contribution in [2.24, 2.45) is 0 Å². The van der Waals surface area contributed by atoms with Crippen molar-refractivity contribution >= 4 is 11.5 Å². The maximum Gasteiger partial charge on any atom is 0.162 e. The molecule has 1 aromatic rings. The molecule has 0 aliphatic heterocycles. The summed E-state index contributed by atoms with van der Waals surface area (Å²) in [7, 11) is 0. The van der Waals surface area contributed by atoms with Crippen LogP contribution in [0.3, 0.4) is 0 Å². The van der Waals surface area contributed by atoms with E-state index < -0.39 is 0 Å². The number of nitrogens with zero attached hydrogens (tertiary/aromatic N) is 1. The Kier molecular flexibility index (Phi) is 3.62. The molecule has 1 aromatic carbocycles. The SMILES string of the molecule is C=CCN(c1ccc(C(=O)CC)cc1)C1CC1. The summed E-state index contributed by atoms with van der Waals surface area (Å²) >= 11 is 0. The topological polar surface area (TPSA) is 20.3 Å². The Balaban J connectivity index is 2.15. The highest BCUT2D eigenvalue weighted by Gasteiger charge is 2.28. The molecule has 90 valence electrons. The molecular formula is C15H19NO. The molecule has 2 nitrogen and oxygen atoms in total. The number of hydrogen-bond donors (Lipinski definition) is 0. The predicted molar refractivity (Wildman–Crippen MR) is 71.6 cm³/mol. The second-order valence-electron chi connectivity index (χ2n) is 4.50. The smallest absolute Gasteiger partial charge is 0.162 e. The number of benzene rings is 1. The van der Waals surface area contributed by atoms with Gasteiger partial charge < -0.3 is 4.90 Å². The van der Waals surface area contributed by atoms with Gasteiger partial charge in [-0.15, -0.1) is 6.58 Å². The van der Waals surface area contributed by atoms with Crippen molar-refractivity contribution in [1.29, 1.82) is 0 Å². The van der Waals surface area contributed by atoms with Gasteiger partial charge in [-0.3, -0.25) is 4.79 Å². The van der Waals surface area contributed by atoms with Crippen LogP contribution in [-0.2, 0) is 0 Å². The maximum absolute atomic E-state index is 11.5. The fourth-order valence-electron chi connectivity index (χ4n) is 2.03. The zero-order chi connectivity index (χ0) is 12.3. The van der Waals surface area contributed by atoms with Crippen LogP contribution in [-0.4, -0.2) is 18.4 Å². The molecule has 0 heterocycles. The number of carbonyl (C=O) groups excluding carboxylic acids is 1. The summed E-state index contributed by atoms with van der Waals surface area (Å²) in [6.07, 6.45) is 5.04. The number of ketones is 1. The Morgan fingerprint density at radius 3 is 2.53 bits per heavy atom. The van der Waals surface area contributed by atoms with Gasteiger partial charge in [0.1, 0.15) is 0 Å². The first-order valence-corrected chi connectivity index (χ1v) is 6.27. The Morgan fingerprint density at radius 1 is 1.41 bits per heavy atom. The highest BCUT2D eigenvalue weighted by molar-refractivity contribution is 5.96. The molecule has 0 saturated heterocycles. The monoisotopic (exact) mass is 229 g/mol. The number of carbonyl (C=O) groups is 1. The lowest BCUT2D eigenvalue weighted by atomic mass is 10.1. The van der Waals surface area contributed by atoms with Gasteiger partial charge in [-0.2, -0.15) is 0 Å². The van der Waals surface area contributed by atoms with Crippen LogP contribution >= 0.6 is 0 Å². The number of hydrogen-bond acceptors (Lipinski definition) is 2. The molecule has 1 saturated carbocycles. The molecule has 2 rings (SSSR count). The van der Waals surface area contributed by atoms with Gasteiger partial charge in [-0.05, 0) is 37.1 Å². The van der Waals surface area contributed by atoms with Crippen molar-refractivity contribution in [3.63, 3.8) is 0 Å². The van der Waals surface area contributed by atoms with E-state index in [4.69, 9.17) is 0 Å². The van der Waals surface area contributed by atoms with Crippen LogP contribution in [0.5, 0.6) is 0 Å². The third kappa shape index (κ3) is 2.76. The molecule has 0 aromatic heterocycles. The first-order chi connectivity index (χ1) is 8.26. The predicted octanol–water partition coefficient (Wildman–Crippen LogP) is 3.43. The van der Waals surface area contributed by atoms with E-state index in [9.17, 15) is 4.79 Å². The molecule has 0 N–H and O–H groups in total. The van der Waals surface area contributed by atoms with Crippen molar-refractivity contribution < 1.29 is 4.79 Å². The Labute approximate surface area is 103 Å². The van der Waals surface area contributed by atoms with Crippen molar-refractivity contribution in [3.05, 3.63) is 42.5 Å². The molecule has 2 heteroatoms. The van der Waals surface area contributed by atoms with Gasteiger partial charge in [0.25, 0.3) is 0 Å². The molecule has 0 unspecified atom stereocenters. The lowest BCUT2D eigenvalue weighted by Gasteiger charge is -2.23. The molecule has 0 amide bonds. The van der Waals surface area contributed by atoms with Crippen LogP contribution in [0.1, 0.15) is 36.5 Å². The first-order valence-electron chi connectivity index (χ1n) is 6.27. The van der Waals surface area contributed by atoms with E-state index in [-0.39, 0.29) is 5.78 Å². The standard InChI is InChI=1S/C15H19NO/c1-3-11-16(14-9-10-14)13-7-5-12(6-8-13)15(17)4-2/h3,5-8,14H,1,4,9-11H2,2H3. The summed E-state index contributed by atoms with van der Waals surface area (Å²) in [5.74, 6) is 0.207. The van der Waals surface area contributed by atoms with Crippen LogP contribution in [0.15, 0.2) is 36.9 Å². The van der Waals surface area contributed by atoms with Crippen LogP contribution in [0.25, 0.3) is 0 Å². The molecule has 0 radical (unpaired) electrons. The quantitative estimate of drug-likeness (QED) is 0.550. The van der Waals surface area contributed by atoms with Gasteiger partial charge in [0.05, 0.1) is 0 Å². The third-order valence-electron chi connectivity index (χ3n) is 3.16. The zero-order valence-corrected chi connectivity index (χ0v) is 10.4. The van der Waals surface area contributed by atoms with Crippen LogP contribution in [0, 0.1) is 0 Å². The number of anilines is 1. The van der Waals surface area contributed by atoms with Crippen molar-refractivity contribution in [1.82, 2.24) is 0 Å². The van der Waals surface area contributed by atoms with E-state index in [2.05, 4.69) is 11.5 Å². The average Bonchev–Trinajstić information content (AvgIpc) is 3.19. The van der Waals surface area contributed by atoms with Crippen LogP contribution < -0.4 is 4.90 Å². The molecule has 1 aliphatic carbocycles. The highest BCUT2D eigenvalue weighted by atomic mass is 16.1. The van der Waals surface area contributed by atoms with Crippen molar-refractivity contribution in [2.75, 3.05) is 11.4 Å². The molecule has 0 atom stereocenters. The van der Waals surface area contributed by atoms with Crippen molar-refractivity contribution in [3.8, 4) is 0 Å². The minimum absolute atomic E-state index is 0.207. The van der Waals surface area contributed by atoms with Gasteiger partial charge in [0, 0.05) is 30.3 Å². The summed E-state index contributed by atoms with van der Waals surface area (Å²) < 4.78 is 0. The second kappa shape index (κ2) is 5.17. The second-order valence-corrected chi connectivity index (χ2v) is 4.50. The lowest BCUT2D eigenvalue weighted by Crippen LogP contribution is -2.25. The summed E-state index contributed by atoms with van der Waals surface area (Å²) in [4.78, 5) is 13.9. The Hall–Kier alpha value is -1.57.